The molecule has 0 spiro atoms. The highest BCUT2D eigenvalue weighted by Crippen LogP contribution is 2.25. The standard InChI is InChI=1S/C19H28N2O2S/c1-2-17-13-21(10-11-23-17)19(22)14-20-9-8-16(12-20)15-24-18-6-4-3-5-7-18/h3-7,16-17H,2,8-15H2,1H3/t16-,17+/m1/s1. The number of morpholine rings is 1. The highest BCUT2D eigenvalue weighted by Gasteiger charge is 2.28. The molecule has 2 fully saturated rings. The fourth-order valence-corrected chi connectivity index (χ4v) is 4.46. The van der Waals surface area contributed by atoms with Crippen molar-refractivity contribution in [1.29, 1.82) is 0 Å². The molecule has 1 amide bonds. The second kappa shape index (κ2) is 8.88. The van der Waals surface area contributed by atoms with Gasteiger partial charge in [0.15, 0.2) is 0 Å². The SMILES string of the molecule is CC[C@H]1CN(C(=O)CN2CC[C@@H](CSc3ccccc3)C2)CCO1. The number of rotatable bonds is 6. The van der Waals surface area contributed by atoms with Crippen LogP contribution in [0.15, 0.2) is 35.2 Å². The van der Waals surface area contributed by atoms with Crippen molar-refractivity contribution in [2.45, 2.75) is 30.8 Å². The number of ether oxygens (including phenoxy) is 1. The summed E-state index contributed by atoms with van der Waals surface area (Å²) in [5.74, 6) is 2.11. The lowest BCUT2D eigenvalue weighted by molar-refractivity contribution is -0.139. The summed E-state index contributed by atoms with van der Waals surface area (Å²) in [6.07, 6.45) is 2.40. The maximum atomic E-state index is 12.5. The van der Waals surface area contributed by atoms with E-state index in [1.54, 1.807) is 0 Å². The Kier molecular flexibility index (Phi) is 6.58. The van der Waals surface area contributed by atoms with Crippen LogP contribution < -0.4 is 0 Å². The third-order valence-corrected chi connectivity index (χ3v) is 6.15. The number of carbonyl (C=O) groups is 1. The van der Waals surface area contributed by atoms with Gasteiger partial charge in [-0.3, -0.25) is 9.69 Å². The molecule has 3 rings (SSSR count). The first-order chi connectivity index (χ1) is 11.7. The van der Waals surface area contributed by atoms with Gasteiger partial charge in [0.05, 0.1) is 19.3 Å². The lowest BCUT2D eigenvalue weighted by Gasteiger charge is -2.33. The minimum absolute atomic E-state index is 0.219. The monoisotopic (exact) mass is 348 g/mol. The molecule has 2 atom stereocenters. The van der Waals surface area contributed by atoms with Crippen LogP contribution in [0.5, 0.6) is 0 Å². The van der Waals surface area contributed by atoms with Crippen LogP contribution in [0.4, 0.5) is 0 Å². The molecule has 0 unspecified atom stereocenters. The van der Waals surface area contributed by atoms with Crippen LogP contribution >= 0.6 is 11.8 Å². The number of nitrogens with zero attached hydrogens (tertiary/aromatic N) is 2. The van der Waals surface area contributed by atoms with Crippen molar-refractivity contribution in [3.05, 3.63) is 30.3 Å². The van der Waals surface area contributed by atoms with Crippen molar-refractivity contribution in [3.63, 3.8) is 0 Å². The Bertz CT molecular complexity index is 525. The quantitative estimate of drug-likeness (QED) is 0.740. The van der Waals surface area contributed by atoms with E-state index in [-0.39, 0.29) is 12.0 Å². The first kappa shape index (κ1) is 17.8. The summed E-state index contributed by atoms with van der Waals surface area (Å²) in [4.78, 5) is 18.2. The molecule has 4 nitrogen and oxygen atoms in total. The van der Waals surface area contributed by atoms with Crippen molar-refractivity contribution in [1.82, 2.24) is 9.80 Å². The zero-order valence-electron chi connectivity index (χ0n) is 14.5. The van der Waals surface area contributed by atoms with Gasteiger partial charge in [0, 0.05) is 30.3 Å². The minimum Gasteiger partial charge on any atom is -0.375 e. The number of carbonyl (C=O) groups excluding carboxylic acids is 1. The Morgan fingerprint density at radius 1 is 1.25 bits per heavy atom. The van der Waals surface area contributed by atoms with E-state index in [0.29, 0.717) is 19.1 Å². The second-order valence-electron chi connectivity index (χ2n) is 6.75. The molecule has 0 aromatic heterocycles. The van der Waals surface area contributed by atoms with Gasteiger partial charge < -0.3 is 9.64 Å². The van der Waals surface area contributed by atoms with Gasteiger partial charge in [-0.2, -0.15) is 0 Å². The fourth-order valence-electron chi connectivity index (χ4n) is 3.41. The molecular weight excluding hydrogens is 320 g/mol. The smallest absolute Gasteiger partial charge is 0.236 e. The van der Waals surface area contributed by atoms with E-state index in [0.717, 1.165) is 38.4 Å². The van der Waals surface area contributed by atoms with E-state index in [2.05, 4.69) is 42.2 Å². The van der Waals surface area contributed by atoms with Crippen molar-refractivity contribution < 1.29 is 9.53 Å². The molecular formula is C19H28N2O2S. The molecule has 0 saturated carbocycles. The number of hydrogen-bond donors (Lipinski definition) is 0. The third-order valence-electron chi connectivity index (χ3n) is 4.90. The zero-order valence-corrected chi connectivity index (χ0v) is 15.3. The lowest BCUT2D eigenvalue weighted by atomic mass is 10.2. The Morgan fingerprint density at radius 3 is 2.88 bits per heavy atom. The van der Waals surface area contributed by atoms with Crippen molar-refractivity contribution in [3.8, 4) is 0 Å². The molecule has 0 aliphatic carbocycles. The van der Waals surface area contributed by atoms with E-state index in [1.165, 1.54) is 11.3 Å². The average Bonchev–Trinajstić information content (AvgIpc) is 3.08. The Hall–Kier alpha value is -1.04. The Balaban J connectivity index is 1.40. The molecule has 1 aromatic carbocycles. The zero-order chi connectivity index (χ0) is 16.8. The van der Waals surface area contributed by atoms with Gasteiger partial charge in [-0.25, -0.2) is 0 Å². The summed E-state index contributed by atoms with van der Waals surface area (Å²) in [6, 6.07) is 10.6. The first-order valence-corrected chi connectivity index (χ1v) is 10.0. The number of thioether (sulfide) groups is 1. The predicted octanol–water partition coefficient (Wildman–Crippen LogP) is 2.74. The van der Waals surface area contributed by atoms with Gasteiger partial charge in [-0.1, -0.05) is 25.1 Å². The topological polar surface area (TPSA) is 32.8 Å². The van der Waals surface area contributed by atoms with Crippen molar-refractivity contribution in [2.24, 2.45) is 5.92 Å². The molecule has 2 aliphatic rings. The van der Waals surface area contributed by atoms with Crippen LogP contribution in [0.1, 0.15) is 19.8 Å². The van der Waals surface area contributed by atoms with Gasteiger partial charge in [0.25, 0.3) is 0 Å². The summed E-state index contributed by atoms with van der Waals surface area (Å²) in [5, 5.41) is 0. The highest BCUT2D eigenvalue weighted by atomic mass is 32.2. The average molecular weight is 349 g/mol. The normalized spacial score (nSPS) is 25.1. The Morgan fingerprint density at radius 2 is 2.08 bits per heavy atom. The summed E-state index contributed by atoms with van der Waals surface area (Å²) in [5.41, 5.74) is 0. The Labute approximate surface area is 149 Å². The van der Waals surface area contributed by atoms with E-state index >= 15 is 0 Å². The molecule has 132 valence electrons. The van der Waals surface area contributed by atoms with Crippen molar-refractivity contribution >= 4 is 17.7 Å². The molecule has 24 heavy (non-hydrogen) atoms. The lowest BCUT2D eigenvalue weighted by Crippen LogP contribution is -2.48. The van der Waals surface area contributed by atoms with Crippen LogP contribution in [0.2, 0.25) is 0 Å². The third kappa shape index (κ3) is 4.98. The molecule has 0 radical (unpaired) electrons. The van der Waals surface area contributed by atoms with Gasteiger partial charge in [-0.05, 0) is 37.4 Å². The van der Waals surface area contributed by atoms with Crippen LogP contribution in [0.25, 0.3) is 0 Å². The summed E-state index contributed by atoms with van der Waals surface area (Å²) in [6.45, 7) is 6.98. The van der Waals surface area contributed by atoms with Crippen molar-refractivity contribution in [2.75, 3.05) is 45.1 Å². The maximum Gasteiger partial charge on any atom is 0.236 e. The van der Waals surface area contributed by atoms with E-state index < -0.39 is 0 Å². The number of likely N-dealkylation sites (tertiary alicyclic amines) is 1. The molecule has 0 N–H and O–H groups in total. The van der Waals surface area contributed by atoms with Gasteiger partial charge in [-0.15, -0.1) is 11.8 Å². The molecule has 2 heterocycles. The van der Waals surface area contributed by atoms with Crippen LogP contribution in [-0.4, -0.2) is 66.9 Å². The molecule has 2 saturated heterocycles. The summed E-state index contributed by atoms with van der Waals surface area (Å²) < 4.78 is 5.66. The fraction of sp³-hybridized carbons (Fsp3) is 0.632. The highest BCUT2D eigenvalue weighted by molar-refractivity contribution is 7.99. The first-order valence-electron chi connectivity index (χ1n) is 9.04. The van der Waals surface area contributed by atoms with E-state index in [1.807, 2.05) is 16.7 Å². The van der Waals surface area contributed by atoms with Crippen LogP contribution in [0.3, 0.4) is 0 Å². The van der Waals surface area contributed by atoms with Gasteiger partial charge in [0.2, 0.25) is 5.91 Å². The second-order valence-corrected chi connectivity index (χ2v) is 7.85. The van der Waals surface area contributed by atoms with E-state index in [4.69, 9.17) is 4.74 Å². The number of benzene rings is 1. The number of hydrogen-bond acceptors (Lipinski definition) is 4. The van der Waals surface area contributed by atoms with Crippen LogP contribution in [-0.2, 0) is 9.53 Å². The molecule has 2 aliphatic heterocycles. The van der Waals surface area contributed by atoms with E-state index in [9.17, 15) is 4.79 Å². The predicted molar refractivity (Wildman–Crippen MR) is 98.3 cm³/mol. The van der Waals surface area contributed by atoms with Crippen LogP contribution in [0, 0.1) is 5.92 Å². The summed E-state index contributed by atoms with van der Waals surface area (Å²) >= 11 is 1.93. The molecule has 1 aromatic rings. The van der Waals surface area contributed by atoms with Gasteiger partial charge in [0.1, 0.15) is 0 Å². The summed E-state index contributed by atoms with van der Waals surface area (Å²) in [7, 11) is 0. The largest absolute Gasteiger partial charge is 0.375 e. The maximum absolute atomic E-state index is 12.5. The number of amides is 1. The molecule has 0 bridgehead atoms. The minimum atomic E-state index is 0.219. The molecule has 5 heteroatoms. The van der Waals surface area contributed by atoms with Gasteiger partial charge >= 0.3 is 0 Å².